The molecule has 31 heavy (non-hydrogen) atoms. The SMILES string of the molecule is COCc1nc2cccc3n2c1C=C(C(=O)NC1CCN(C(=O)OC(C)(C)C)CC1)S3. The number of carbonyl (C=O) groups excluding carboxylic acids is 2. The number of hydrogen-bond donors (Lipinski definition) is 1. The summed E-state index contributed by atoms with van der Waals surface area (Å²) >= 11 is 1.44. The number of hydrogen-bond acceptors (Lipinski definition) is 6. The molecule has 2 aromatic heterocycles. The molecule has 1 saturated heterocycles. The van der Waals surface area contributed by atoms with E-state index in [2.05, 4.69) is 14.7 Å². The molecule has 0 aliphatic carbocycles. The van der Waals surface area contributed by atoms with E-state index in [4.69, 9.17) is 9.47 Å². The van der Waals surface area contributed by atoms with Gasteiger partial charge in [0.15, 0.2) is 0 Å². The van der Waals surface area contributed by atoms with Crippen molar-refractivity contribution in [2.75, 3.05) is 20.2 Å². The van der Waals surface area contributed by atoms with Crippen molar-refractivity contribution in [1.29, 1.82) is 0 Å². The smallest absolute Gasteiger partial charge is 0.410 e. The number of nitrogens with one attached hydrogen (secondary N) is 1. The van der Waals surface area contributed by atoms with Crippen LogP contribution < -0.4 is 5.32 Å². The highest BCUT2D eigenvalue weighted by Gasteiger charge is 2.29. The van der Waals surface area contributed by atoms with Crippen molar-refractivity contribution in [1.82, 2.24) is 19.6 Å². The Morgan fingerprint density at radius 3 is 2.68 bits per heavy atom. The largest absolute Gasteiger partial charge is 0.444 e. The van der Waals surface area contributed by atoms with Crippen LogP contribution in [-0.2, 0) is 20.9 Å². The Labute approximate surface area is 186 Å². The predicted molar refractivity (Wildman–Crippen MR) is 119 cm³/mol. The topological polar surface area (TPSA) is 85.2 Å². The maximum absolute atomic E-state index is 13.0. The van der Waals surface area contributed by atoms with Gasteiger partial charge in [-0.15, -0.1) is 0 Å². The molecule has 4 rings (SSSR count). The molecule has 1 fully saturated rings. The summed E-state index contributed by atoms with van der Waals surface area (Å²) in [4.78, 5) is 32.2. The molecule has 0 saturated carbocycles. The average molecular weight is 445 g/mol. The summed E-state index contributed by atoms with van der Waals surface area (Å²) in [6.45, 7) is 7.09. The van der Waals surface area contributed by atoms with Gasteiger partial charge in [-0.1, -0.05) is 17.8 Å². The number of aromatic nitrogens is 2. The van der Waals surface area contributed by atoms with Gasteiger partial charge in [0.1, 0.15) is 11.2 Å². The molecule has 0 unspecified atom stereocenters. The second kappa shape index (κ2) is 8.55. The first kappa shape index (κ1) is 21.7. The number of ether oxygens (including phenoxy) is 2. The summed E-state index contributed by atoms with van der Waals surface area (Å²) in [7, 11) is 1.64. The van der Waals surface area contributed by atoms with E-state index in [9.17, 15) is 9.59 Å². The lowest BCUT2D eigenvalue weighted by atomic mass is 10.1. The van der Waals surface area contributed by atoms with Gasteiger partial charge < -0.3 is 19.7 Å². The Hall–Kier alpha value is -2.52. The molecular formula is C22H28N4O4S. The van der Waals surface area contributed by atoms with Gasteiger partial charge in [-0.2, -0.15) is 0 Å². The van der Waals surface area contributed by atoms with Crippen molar-refractivity contribution in [2.24, 2.45) is 0 Å². The molecular weight excluding hydrogens is 416 g/mol. The van der Waals surface area contributed by atoms with Gasteiger partial charge >= 0.3 is 6.09 Å². The number of amides is 2. The van der Waals surface area contributed by atoms with Crippen LogP contribution in [0, 0.1) is 0 Å². The summed E-state index contributed by atoms with van der Waals surface area (Å²) in [5.74, 6) is -0.103. The number of likely N-dealkylation sites (tertiary alicyclic amines) is 1. The van der Waals surface area contributed by atoms with Gasteiger partial charge in [-0.05, 0) is 51.8 Å². The van der Waals surface area contributed by atoms with Gasteiger partial charge in [-0.25, -0.2) is 9.78 Å². The molecule has 166 valence electrons. The fourth-order valence-electron chi connectivity index (χ4n) is 3.77. The summed E-state index contributed by atoms with van der Waals surface area (Å²) < 4.78 is 12.8. The highest BCUT2D eigenvalue weighted by molar-refractivity contribution is 8.04. The second-order valence-corrected chi connectivity index (χ2v) is 9.82. The molecule has 2 amide bonds. The summed E-state index contributed by atoms with van der Waals surface area (Å²) in [5.41, 5.74) is 2.03. The molecule has 0 atom stereocenters. The number of pyridine rings is 1. The molecule has 2 aliphatic rings. The van der Waals surface area contributed by atoms with Crippen LogP contribution in [0.1, 0.15) is 45.0 Å². The van der Waals surface area contributed by atoms with Gasteiger partial charge in [-0.3, -0.25) is 9.20 Å². The Bertz CT molecular complexity index is 1030. The zero-order valence-corrected chi connectivity index (χ0v) is 19.1. The molecule has 8 nitrogen and oxygen atoms in total. The Balaban J connectivity index is 1.42. The number of imidazole rings is 1. The van der Waals surface area contributed by atoms with E-state index >= 15 is 0 Å². The van der Waals surface area contributed by atoms with E-state index in [-0.39, 0.29) is 18.0 Å². The van der Waals surface area contributed by atoms with Crippen LogP contribution in [0.25, 0.3) is 11.7 Å². The quantitative estimate of drug-likeness (QED) is 0.778. The third kappa shape index (κ3) is 4.72. The standard InChI is InChI=1S/C22H28N4O4S/c1-22(2,3)30-21(28)25-10-8-14(9-11-25)23-20(27)17-12-16-15(13-29-4)24-18-6-5-7-19(31-17)26(16)18/h5-7,12,14H,8-11,13H2,1-4H3,(H,23,27). The molecule has 2 aliphatic heterocycles. The number of nitrogens with zero attached hydrogens (tertiary/aromatic N) is 3. The fraction of sp³-hybridized carbons (Fsp3) is 0.500. The zero-order valence-electron chi connectivity index (χ0n) is 18.3. The van der Waals surface area contributed by atoms with Crippen LogP contribution in [-0.4, -0.2) is 58.1 Å². The van der Waals surface area contributed by atoms with E-state index in [1.165, 1.54) is 11.8 Å². The first-order valence-corrected chi connectivity index (χ1v) is 11.2. The van der Waals surface area contributed by atoms with Crippen LogP contribution >= 0.6 is 11.8 Å². The third-order valence-corrected chi connectivity index (χ3v) is 6.24. The second-order valence-electron chi connectivity index (χ2n) is 8.76. The Morgan fingerprint density at radius 1 is 1.26 bits per heavy atom. The number of methoxy groups -OCH3 is 1. The van der Waals surface area contributed by atoms with Crippen molar-refractivity contribution in [3.63, 3.8) is 0 Å². The van der Waals surface area contributed by atoms with Crippen molar-refractivity contribution in [3.8, 4) is 0 Å². The van der Waals surface area contributed by atoms with E-state index in [0.29, 0.717) is 37.4 Å². The molecule has 2 aromatic rings. The van der Waals surface area contributed by atoms with Crippen LogP contribution in [0.4, 0.5) is 4.79 Å². The first-order chi connectivity index (χ1) is 14.7. The summed E-state index contributed by atoms with van der Waals surface area (Å²) in [6.07, 6.45) is 2.99. The van der Waals surface area contributed by atoms with Crippen molar-refractivity contribution in [3.05, 3.63) is 34.5 Å². The molecule has 1 N–H and O–H groups in total. The Morgan fingerprint density at radius 2 is 2.00 bits per heavy atom. The van der Waals surface area contributed by atoms with Gasteiger partial charge in [0, 0.05) is 26.2 Å². The first-order valence-electron chi connectivity index (χ1n) is 10.4. The molecule has 0 spiro atoms. The lowest BCUT2D eigenvalue weighted by molar-refractivity contribution is -0.117. The normalized spacial score (nSPS) is 16.9. The monoisotopic (exact) mass is 444 g/mol. The lowest BCUT2D eigenvalue weighted by Crippen LogP contribution is -2.48. The van der Waals surface area contributed by atoms with E-state index in [1.807, 2.05) is 45.0 Å². The predicted octanol–water partition coefficient (Wildman–Crippen LogP) is 3.44. The average Bonchev–Trinajstić information content (AvgIpc) is 3.06. The van der Waals surface area contributed by atoms with E-state index < -0.39 is 5.60 Å². The van der Waals surface area contributed by atoms with Crippen LogP contribution in [0.5, 0.6) is 0 Å². The minimum absolute atomic E-state index is 0.0220. The van der Waals surface area contributed by atoms with Crippen LogP contribution in [0.3, 0.4) is 0 Å². The lowest BCUT2D eigenvalue weighted by Gasteiger charge is -2.33. The molecule has 0 bridgehead atoms. The summed E-state index contributed by atoms with van der Waals surface area (Å²) in [5, 5.41) is 4.09. The zero-order chi connectivity index (χ0) is 22.2. The van der Waals surface area contributed by atoms with Crippen molar-refractivity contribution >= 4 is 35.5 Å². The van der Waals surface area contributed by atoms with Crippen LogP contribution in [0.2, 0.25) is 0 Å². The minimum Gasteiger partial charge on any atom is -0.444 e. The number of rotatable bonds is 4. The maximum atomic E-state index is 13.0. The number of carbonyl (C=O) groups is 2. The highest BCUT2D eigenvalue weighted by Crippen LogP contribution is 2.36. The number of piperidine rings is 1. The number of thioether (sulfide) groups is 1. The molecule has 0 aromatic carbocycles. The van der Waals surface area contributed by atoms with E-state index in [0.717, 1.165) is 22.1 Å². The third-order valence-electron chi connectivity index (χ3n) is 5.19. The summed E-state index contributed by atoms with van der Waals surface area (Å²) in [6, 6.07) is 5.90. The van der Waals surface area contributed by atoms with Crippen molar-refractivity contribution in [2.45, 2.75) is 56.9 Å². The van der Waals surface area contributed by atoms with Gasteiger partial charge in [0.05, 0.1) is 27.9 Å². The molecule has 0 radical (unpaired) electrons. The van der Waals surface area contributed by atoms with Crippen LogP contribution in [0.15, 0.2) is 28.1 Å². The van der Waals surface area contributed by atoms with Crippen molar-refractivity contribution < 1.29 is 19.1 Å². The molecule has 9 heteroatoms. The maximum Gasteiger partial charge on any atom is 0.410 e. The van der Waals surface area contributed by atoms with Gasteiger partial charge in [0.25, 0.3) is 5.91 Å². The van der Waals surface area contributed by atoms with E-state index in [1.54, 1.807) is 12.0 Å². The fourth-order valence-corrected chi connectivity index (χ4v) is 4.75. The van der Waals surface area contributed by atoms with Gasteiger partial charge in [0.2, 0.25) is 0 Å². The molecule has 4 heterocycles. The highest BCUT2D eigenvalue weighted by atomic mass is 32.2. The Kier molecular flexibility index (Phi) is 5.98. The minimum atomic E-state index is -0.510.